The molecule has 0 atom stereocenters. The third-order valence-electron chi connectivity index (χ3n) is 2.71. The van der Waals surface area contributed by atoms with Crippen LogP contribution in [-0.4, -0.2) is 10.2 Å². The fourth-order valence-corrected chi connectivity index (χ4v) is 2.24. The van der Waals surface area contributed by atoms with E-state index in [1.165, 1.54) is 80.5 Å². The lowest BCUT2D eigenvalue weighted by Gasteiger charge is -2.00. The lowest BCUT2D eigenvalue weighted by molar-refractivity contribution is 0.562. The predicted molar refractivity (Wildman–Crippen MR) is 69.1 cm³/mol. The smallest absolute Gasteiger partial charge is 0.00279 e. The fourth-order valence-electron chi connectivity index (χ4n) is 1.74. The van der Waals surface area contributed by atoms with Crippen LogP contribution >= 0.6 is 0 Å². The van der Waals surface area contributed by atoms with Crippen LogP contribution in [0.2, 0.25) is 6.04 Å². The van der Waals surface area contributed by atoms with E-state index in [0.717, 1.165) is 0 Å². The first-order chi connectivity index (χ1) is 6.41. The zero-order valence-corrected chi connectivity index (χ0v) is 12.2. The van der Waals surface area contributed by atoms with E-state index in [1.54, 1.807) is 0 Å². The molecule has 0 radical (unpaired) electrons. The average molecular weight is 220 g/mol. The van der Waals surface area contributed by atoms with Gasteiger partial charge in [-0.15, -0.1) is 0 Å². The number of hydrogen-bond acceptors (Lipinski definition) is 0. The standard InChI is InChI=1S/C12H28Si.FH/c1-2-3-4-5-6-7-8-9-10-11-12-13;/h2-12H2,1,13H3;1H. The van der Waals surface area contributed by atoms with Gasteiger partial charge < -0.3 is 0 Å². The molecule has 2 heteroatoms. The van der Waals surface area contributed by atoms with Gasteiger partial charge in [-0.1, -0.05) is 77.2 Å². The van der Waals surface area contributed by atoms with Gasteiger partial charge in [-0.25, -0.2) is 0 Å². The summed E-state index contributed by atoms with van der Waals surface area (Å²) in [4.78, 5) is 0. The lowest BCUT2D eigenvalue weighted by atomic mass is 10.1. The molecule has 0 aliphatic heterocycles. The Morgan fingerprint density at radius 3 is 1.36 bits per heavy atom. The van der Waals surface area contributed by atoms with Gasteiger partial charge in [0.25, 0.3) is 0 Å². The Hall–Kier alpha value is 0.147. The third kappa shape index (κ3) is 14.7. The molecule has 0 fully saturated rings. The van der Waals surface area contributed by atoms with E-state index in [4.69, 9.17) is 0 Å². The van der Waals surface area contributed by atoms with Crippen molar-refractivity contribution in [1.82, 2.24) is 0 Å². The van der Waals surface area contributed by atoms with Crippen molar-refractivity contribution in [3.63, 3.8) is 0 Å². The highest BCUT2D eigenvalue weighted by atomic mass is 28.1. The van der Waals surface area contributed by atoms with Crippen LogP contribution in [0.1, 0.15) is 71.1 Å². The maximum absolute atomic E-state index is 2.29. The van der Waals surface area contributed by atoms with Crippen LogP contribution < -0.4 is 0 Å². The summed E-state index contributed by atoms with van der Waals surface area (Å²) in [6, 6.07) is 1.51. The van der Waals surface area contributed by atoms with Gasteiger partial charge in [0.05, 0.1) is 0 Å². The molecule has 88 valence electrons. The molecule has 0 N–H and O–H groups in total. The van der Waals surface area contributed by atoms with Gasteiger partial charge in [0.2, 0.25) is 0 Å². The maximum Gasteiger partial charge on any atom is 0.00279 e. The first-order valence-corrected chi connectivity index (χ1v) is 7.83. The van der Waals surface area contributed by atoms with Crippen LogP contribution in [0.15, 0.2) is 0 Å². The largest absolute Gasteiger partial charge is 0.269 e. The van der Waals surface area contributed by atoms with Crippen LogP contribution in [0.5, 0.6) is 0 Å². The van der Waals surface area contributed by atoms with E-state index in [1.807, 2.05) is 0 Å². The van der Waals surface area contributed by atoms with E-state index in [-0.39, 0.29) is 4.70 Å². The topological polar surface area (TPSA) is 0 Å². The summed E-state index contributed by atoms with van der Waals surface area (Å²) < 4.78 is 0. The molecule has 0 aromatic carbocycles. The van der Waals surface area contributed by atoms with E-state index in [9.17, 15) is 0 Å². The SMILES string of the molecule is CCCCCCCCCCCC[SiH3].F. The maximum atomic E-state index is 2.29. The predicted octanol–water partition coefficient (Wildman–Crippen LogP) is 3.84. The molecule has 0 spiro atoms. The number of unbranched alkanes of at least 4 members (excludes halogenated alkanes) is 9. The summed E-state index contributed by atoms with van der Waals surface area (Å²) in [5.74, 6) is 0. The van der Waals surface area contributed by atoms with Crippen molar-refractivity contribution in [1.29, 1.82) is 0 Å². The minimum absolute atomic E-state index is 0. The van der Waals surface area contributed by atoms with Crippen LogP contribution in [0, 0.1) is 0 Å². The second-order valence-electron chi connectivity index (χ2n) is 4.18. The van der Waals surface area contributed by atoms with Gasteiger partial charge >= 0.3 is 0 Å². The summed E-state index contributed by atoms with van der Waals surface area (Å²) >= 11 is 0. The zero-order chi connectivity index (χ0) is 9.78. The number of halogens is 1. The first kappa shape index (κ1) is 16.6. The highest BCUT2D eigenvalue weighted by Gasteiger charge is 1.90. The fraction of sp³-hybridized carbons (Fsp3) is 1.00. The van der Waals surface area contributed by atoms with Crippen LogP contribution in [0.4, 0.5) is 4.70 Å². The van der Waals surface area contributed by atoms with Gasteiger partial charge in [0.15, 0.2) is 0 Å². The second-order valence-corrected chi connectivity index (χ2v) is 5.18. The first-order valence-electron chi connectivity index (χ1n) is 6.41. The van der Waals surface area contributed by atoms with Gasteiger partial charge in [-0.2, -0.15) is 0 Å². The Morgan fingerprint density at radius 1 is 0.643 bits per heavy atom. The van der Waals surface area contributed by atoms with Crippen molar-refractivity contribution < 1.29 is 4.70 Å². The van der Waals surface area contributed by atoms with E-state index in [0.29, 0.717) is 0 Å². The summed E-state index contributed by atoms with van der Waals surface area (Å²) in [7, 11) is 1.41. The summed E-state index contributed by atoms with van der Waals surface area (Å²) in [6.07, 6.45) is 14.7. The molecule has 0 aromatic rings. The molecule has 0 unspecified atom stereocenters. The summed E-state index contributed by atoms with van der Waals surface area (Å²) in [5.41, 5.74) is 0. The van der Waals surface area contributed by atoms with Gasteiger partial charge in [-0.3, -0.25) is 4.70 Å². The summed E-state index contributed by atoms with van der Waals surface area (Å²) in [5, 5.41) is 0. The molecule has 0 saturated carbocycles. The van der Waals surface area contributed by atoms with Crippen LogP contribution in [0.3, 0.4) is 0 Å². The Bertz CT molecular complexity index is 76.4. The van der Waals surface area contributed by atoms with E-state index < -0.39 is 0 Å². The molecular weight excluding hydrogens is 191 g/mol. The molecule has 0 nitrogen and oxygen atoms in total. The lowest BCUT2D eigenvalue weighted by Crippen LogP contribution is -1.81. The molecule has 0 aromatic heterocycles. The third-order valence-corrected chi connectivity index (χ3v) is 3.41. The number of rotatable bonds is 10. The van der Waals surface area contributed by atoms with Crippen molar-refractivity contribution in [3.8, 4) is 0 Å². The molecule has 0 rings (SSSR count). The molecule has 0 aliphatic rings. The minimum Gasteiger partial charge on any atom is -0.269 e. The van der Waals surface area contributed by atoms with Crippen molar-refractivity contribution in [2.45, 2.75) is 77.2 Å². The highest BCUT2D eigenvalue weighted by molar-refractivity contribution is 6.08. The Kier molecular flexibility index (Phi) is 18.5. The van der Waals surface area contributed by atoms with Crippen molar-refractivity contribution in [3.05, 3.63) is 0 Å². The van der Waals surface area contributed by atoms with Crippen LogP contribution in [-0.2, 0) is 0 Å². The van der Waals surface area contributed by atoms with Crippen LogP contribution in [0.25, 0.3) is 0 Å². The molecular formula is C12H29FSi. The molecule has 0 aliphatic carbocycles. The highest BCUT2D eigenvalue weighted by Crippen LogP contribution is 2.10. The monoisotopic (exact) mass is 220 g/mol. The molecule has 0 heterocycles. The zero-order valence-electron chi connectivity index (χ0n) is 10.2. The Labute approximate surface area is 92.7 Å². The average Bonchev–Trinajstić information content (AvgIpc) is 2.16. The van der Waals surface area contributed by atoms with Gasteiger partial charge in [0, 0.05) is 10.2 Å². The normalized spacial score (nSPS) is 10.1. The Morgan fingerprint density at radius 2 is 1.00 bits per heavy atom. The van der Waals surface area contributed by atoms with Crippen molar-refractivity contribution in [2.24, 2.45) is 0 Å². The molecule has 0 amide bonds. The van der Waals surface area contributed by atoms with E-state index in [2.05, 4.69) is 6.92 Å². The van der Waals surface area contributed by atoms with Crippen molar-refractivity contribution >= 4 is 10.2 Å². The number of hydrogen-bond donors (Lipinski definition) is 0. The molecule has 0 bridgehead atoms. The molecule has 14 heavy (non-hydrogen) atoms. The second kappa shape index (κ2) is 15.6. The van der Waals surface area contributed by atoms with E-state index >= 15 is 0 Å². The molecule has 0 saturated heterocycles. The van der Waals surface area contributed by atoms with Gasteiger partial charge in [-0.05, 0) is 0 Å². The van der Waals surface area contributed by atoms with Crippen molar-refractivity contribution in [2.75, 3.05) is 0 Å². The summed E-state index contributed by atoms with van der Waals surface area (Å²) in [6.45, 7) is 2.29. The minimum atomic E-state index is 0. The quantitative estimate of drug-likeness (QED) is 0.387. The van der Waals surface area contributed by atoms with Gasteiger partial charge in [0.1, 0.15) is 0 Å². The Balaban J connectivity index is 0.